The van der Waals surface area contributed by atoms with Crippen molar-refractivity contribution in [3.63, 3.8) is 0 Å². The number of amides is 1. The van der Waals surface area contributed by atoms with E-state index in [1.807, 2.05) is 30.7 Å². The van der Waals surface area contributed by atoms with Gasteiger partial charge in [-0.2, -0.15) is 20.6 Å². The SMILES string of the molecule is CCN(CC)S(=O)(=O)c1ccc2c(c1)CCCN2C(=O)CCc1nc(-c2ccsc2)no1. The maximum Gasteiger partial charge on any atom is 0.243 e. The molecule has 1 amide bonds. The fourth-order valence-electron chi connectivity index (χ4n) is 3.92. The fraction of sp³-hybridized carbons (Fsp3) is 0.409. The predicted molar refractivity (Wildman–Crippen MR) is 123 cm³/mol. The summed E-state index contributed by atoms with van der Waals surface area (Å²) in [5, 5.41) is 7.87. The van der Waals surface area contributed by atoms with Crippen LogP contribution >= 0.6 is 11.3 Å². The summed E-state index contributed by atoms with van der Waals surface area (Å²) in [7, 11) is -3.53. The van der Waals surface area contributed by atoms with Gasteiger partial charge in [-0.3, -0.25) is 4.79 Å². The number of benzene rings is 1. The largest absolute Gasteiger partial charge is 0.339 e. The van der Waals surface area contributed by atoms with Crippen molar-refractivity contribution in [1.82, 2.24) is 14.4 Å². The summed E-state index contributed by atoms with van der Waals surface area (Å²) in [4.78, 5) is 19.4. The van der Waals surface area contributed by atoms with Crippen LogP contribution in [0.1, 0.15) is 38.1 Å². The lowest BCUT2D eigenvalue weighted by molar-refractivity contribution is -0.118. The standard InChI is InChI=1S/C22H26N4O4S2/c1-3-25(4-2)32(28,29)18-7-8-19-16(14-18)6-5-12-26(19)21(27)10-9-20-23-22(24-30-20)17-11-13-31-15-17/h7-8,11,13-15H,3-6,9-10,12H2,1-2H3. The molecule has 0 fully saturated rings. The molecule has 0 aliphatic carbocycles. The Balaban J connectivity index is 1.47. The number of sulfonamides is 1. The number of fused-ring (bicyclic) bond motifs is 1. The van der Waals surface area contributed by atoms with Gasteiger partial charge in [0, 0.05) is 49.1 Å². The quantitative estimate of drug-likeness (QED) is 0.493. The first-order valence-electron chi connectivity index (χ1n) is 10.7. The number of aryl methyl sites for hydroxylation is 2. The Labute approximate surface area is 191 Å². The van der Waals surface area contributed by atoms with E-state index in [1.165, 1.54) is 4.31 Å². The topological polar surface area (TPSA) is 96.6 Å². The Morgan fingerprint density at radius 1 is 1.25 bits per heavy atom. The summed E-state index contributed by atoms with van der Waals surface area (Å²) in [6.07, 6.45) is 2.13. The summed E-state index contributed by atoms with van der Waals surface area (Å²) in [5.74, 6) is 0.914. The van der Waals surface area contributed by atoms with Gasteiger partial charge in [0.05, 0.1) is 4.90 Å². The van der Waals surface area contributed by atoms with Crippen molar-refractivity contribution in [3.05, 3.63) is 46.5 Å². The molecular weight excluding hydrogens is 448 g/mol. The molecule has 0 saturated carbocycles. The molecule has 0 N–H and O–H groups in total. The zero-order valence-corrected chi connectivity index (χ0v) is 19.8. The maximum absolute atomic E-state index is 13.0. The van der Waals surface area contributed by atoms with E-state index in [2.05, 4.69) is 10.1 Å². The van der Waals surface area contributed by atoms with Crippen molar-refractivity contribution in [3.8, 4) is 11.4 Å². The Kier molecular flexibility index (Phi) is 6.73. The Morgan fingerprint density at radius 2 is 2.06 bits per heavy atom. The van der Waals surface area contributed by atoms with Gasteiger partial charge in [0.15, 0.2) is 0 Å². The average Bonchev–Trinajstić information content (AvgIpc) is 3.49. The van der Waals surface area contributed by atoms with Gasteiger partial charge in [0.2, 0.25) is 27.6 Å². The van der Waals surface area contributed by atoms with Gasteiger partial charge in [-0.25, -0.2) is 8.42 Å². The van der Waals surface area contributed by atoms with Gasteiger partial charge in [-0.15, -0.1) is 0 Å². The van der Waals surface area contributed by atoms with E-state index in [0.29, 0.717) is 37.8 Å². The Hall–Kier alpha value is -2.56. The monoisotopic (exact) mass is 474 g/mol. The van der Waals surface area contributed by atoms with Crippen LogP contribution in [-0.4, -0.2) is 48.4 Å². The van der Waals surface area contributed by atoms with Crippen molar-refractivity contribution in [2.45, 2.75) is 44.4 Å². The first-order valence-corrected chi connectivity index (χ1v) is 13.1. The van der Waals surface area contributed by atoms with Crippen LogP contribution in [0.4, 0.5) is 5.69 Å². The van der Waals surface area contributed by atoms with Crippen molar-refractivity contribution < 1.29 is 17.7 Å². The van der Waals surface area contributed by atoms with Crippen LogP contribution in [0.2, 0.25) is 0 Å². The fourth-order valence-corrected chi connectivity index (χ4v) is 6.06. The summed E-state index contributed by atoms with van der Waals surface area (Å²) in [6, 6.07) is 6.99. The highest BCUT2D eigenvalue weighted by Gasteiger charge is 2.27. The van der Waals surface area contributed by atoms with Crippen LogP contribution in [0.25, 0.3) is 11.4 Å². The zero-order valence-electron chi connectivity index (χ0n) is 18.2. The van der Waals surface area contributed by atoms with Crippen LogP contribution < -0.4 is 4.90 Å². The first-order chi connectivity index (χ1) is 15.4. The van der Waals surface area contributed by atoms with Crippen molar-refractivity contribution in [2.75, 3.05) is 24.5 Å². The third kappa shape index (κ3) is 4.48. The van der Waals surface area contributed by atoms with Crippen LogP contribution in [0.3, 0.4) is 0 Å². The molecule has 170 valence electrons. The lowest BCUT2D eigenvalue weighted by atomic mass is 10.0. The second kappa shape index (κ2) is 9.51. The van der Waals surface area contributed by atoms with Crippen LogP contribution in [0.5, 0.6) is 0 Å². The molecule has 0 atom stereocenters. The molecule has 0 radical (unpaired) electrons. The molecule has 3 aromatic rings. The van der Waals surface area contributed by atoms with E-state index in [9.17, 15) is 13.2 Å². The minimum Gasteiger partial charge on any atom is -0.339 e. The lowest BCUT2D eigenvalue weighted by Crippen LogP contribution is -2.36. The molecule has 0 unspecified atom stereocenters. The van der Waals surface area contributed by atoms with Gasteiger partial charge in [0.1, 0.15) is 0 Å². The zero-order chi connectivity index (χ0) is 22.7. The number of aromatic nitrogens is 2. The number of carbonyl (C=O) groups excluding carboxylic acids is 1. The van der Waals surface area contributed by atoms with Crippen molar-refractivity contribution in [1.29, 1.82) is 0 Å². The van der Waals surface area contributed by atoms with Gasteiger partial charge >= 0.3 is 0 Å². The molecule has 0 bridgehead atoms. The number of hydrogen-bond acceptors (Lipinski definition) is 7. The van der Waals surface area contributed by atoms with Gasteiger partial charge in [0.25, 0.3) is 0 Å². The summed E-state index contributed by atoms with van der Waals surface area (Å²) in [5.41, 5.74) is 2.57. The molecule has 0 saturated heterocycles. The molecule has 32 heavy (non-hydrogen) atoms. The molecule has 1 aliphatic heterocycles. The highest BCUT2D eigenvalue weighted by molar-refractivity contribution is 7.89. The van der Waals surface area contributed by atoms with E-state index >= 15 is 0 Å². The number of anilines is 1. The molecule has 3 heterocycles. The van der Waals surface area contributed by atoms with Gasteiger partial charge in [-0.05, 0) is 48.1 Å². The molecule has 2 aromatic heterocycles. The van der Waals surface area contributed by atoms with E-state index < -0.39 is 10.0 Å². The molecular formula is C22H26N4O4S2. The average molecular weight is 475 g/mol. The Morgan fingerprint density at radius 3 is 2.78 bits per heavy atom. The van der Waals surface area contributed by atoms with E-state index in [-0.39, 0.29) is 17.2 Å². The third-order valence-electron chi connectivity index (χ3n) is 5.61. The van der Waals surface area contributed by atoms with E-state index in [4.69, 9.17) is 4.52 Å². The van der Waals surface area contributed by atoms with E-state index in [0.717, 1.165) is 29.7 Å². The molecule has 4 rings (SSSR count). The first kappa shape index (κ1) is 22.6. The summed E-state index contributed by atoms with van der Waals surface area (Å²) < 4.78 is 32.5. The normalized spacial score (nSPS) is 14.0. The van der Waals surface area contributed by atoms with Crippen LogP contribution in [0.15, 0.2) is 44.4 Å². The lowest BCUT2D eigenvalue weighted by Gasteiger charge is -2.30. The number of hydrogen-bond donors (Lipinski definition) is 0. The Bertz CT molecular complexity index is 1180. The third-order valence-corrected chi connectivity index (χ3v) is 8.34. The van der Waals surface area contributed by atoms with Crippen molar-refractivity contribution in [2.24, 2.45) is 0 Å². The molecule has 8 nitrogen and oxygen atoms in total. The van der Waals surface area contributed by atoms with Gasteiger partial charge < -0.3 is 9.42 Å². The number of carbonyl (C=O) groups is 1. The second-order valence-corrected chi connectivity index (χ2v) is 10.3. The van der Waals surface area contributed by atoms with Crippen molar-refractivity contribution >= 4 is 33.0 Å². The smallest absolute Gasteiger partial charge is 0.243 e. The summed E-state index contributed by atoms with van der Waals surface area (Å²) in [6.45, 7) is 5.10. The minimum atomic E-state index is -3.53. The number of rotatable bonds is 8. The minimum absolute atomic E-state index is 0.0411. The van der Waals surface area contributed by atoms with Gasteiger partial charge in [-0.1, -0.05) is 19.0 Å². The second-order valence-electron chi connectivity index (χ2n) is 7.55. The van der Waals surface area contributed by atoms with Crippen LogP contribution in [-0.2, 0) is 27.7 Å². The summed E-state index contributed by atoms with van der Waals surface area (Å²) >= 11 is 1.56. The predicted octanol–water partition coefficient (Wildman–Crippen LogP) is 3.74. The molecule has 10 heteroatoms. The number of thiophene rings is 1. The molecule has 0 spiro atoms. The highest BCUT2D eigenvalue weighted by Crippen LogP contribution is 2.31. The van der Waals surface area contributed by atoms with Crippen LogP contribution in [0, 0.1) is 0 Å². The molecule has 1 aliphatic rings. The highest BCUT2D eigenvalue weighted by atomic mass is 32.2. The number of nitrogens with zero attached hydrogens (tertiary/aromatic N) is 4. The molecule has 1 aromatic carbocycles. The maximum atomic E-state index is 13.0. The van der Waals surface area contributed by atoms with E-state index in [1.54, 1.807) is 34.4 Å².